The largest absolute Gasteiger partial charge is 0.494 e. The molecular formula is C14H17BrN2O. The highest BCUT2D eigenvalue weighted by Gasteiger charge is 2.30. The fourth-order valence-electron chi connectivity index (χ4n) is 2.96. The third-order valence-electron chi connectivity index (χ3n) is 3.96. The Balaban J connectivity index is 1.87. The standard InChI is InChI=1S/C14H17BrN2O/c1-18-13-6-12(8-17-14(13)15)10-4-9-2-3-16-7-11(9)5-10/h4,6,8-9,11,16H,2-3,5,7H2,1H3/t9-,11-/m1/s1. The minimum atomic E-state index is 0.746. The van der Waals surface area contributed by atoms with E-state index in [2.05, 4.69) is 38.4 Å². The molecule has 3 nitrogen and oxygen atoms in total. The van der Waals surface area contributed by atoms with Crippen molar-refractivity contribution in [3.63, 3.8) is 0 Å². The topological polar surface area (TPSA) is 34.1 Å². The maximum Gasteiger partial charge on any atom is 0.152 e. The highest BCUT2D eigenvalue weighted by atomic mass is 79.9. The van der Waals surface area contributed by atoms with E-state index >= 15 is 0 Å². The number of aromatic nitrogens is 1. The predicted octanol–water partition coefficient (Wildman–Crippen LogP) is 2.87. The number of fused-ring (bicyclic) bond motifs is 1. The summed E-state index contributed by atoms with van der Waals surface area (Å²) in [7, 11) is 1.68. The van der Waals surface area contributed by atoms with Crippen LogP contribution >= 0.6 is 15.9 Å². The predicted molar refractivity (Wildman–Crippen MR) is 75.5 cm³/mol. The van der Waals surface area contributed by atoms with Crippen LogP contribution in [0.2, 0.25) is 0 Å². The molecule has 0 aromatic carbocycles. The molecule has 0 saturated carbocycles. The molecule has 1 saturated heterocycles. The highest BCUT2D eigenvalue weighted by molar-refractivity contribution is 9.10. The van der Waals surface area contributed by atoms with E-state index in [4.69, 9.17) is 4.74 Å². The van der Waals surface area contributed by atoms with Crippen LogP contribution in [0, 0.1) is 11.8 Å². The summed E-state index contributed by atoms with van der Waals surface area (Å²) in [5.41, 5.74) is 2.62. The van der Waals surface area contributed by atoms with Crippen LogP contribution in [0.25, 0.3) is 5.57 Å². The molecule has 0 spiro atoms. The minimum Gasteiger partial charge on any atom is -0.494 e. The van der Waals surface area contributed by atoms with Crippen molar-refractivity contribution in [2.75, 3.05) is 20.2 Å². The van der Waals surface area contributed by atoms with Crippen molar-refractivity contribution in [3.05, 3.63) is 28.5 Å². The number of hydrogen-bond acceptors (Lipinski definition) is 3. The molecule has 1 aliphatic carbocycles. The lowest BCUT2D eigenvalue weighted by Gasteiger charge is -2.25. The average molecular weight is 309 g/mol. The van der Waals surface area contributed by atoms with Gasteiger partial charge in [0.2, 0.25) is 0 Å². The van der Waals surface area contributed by atoms with Crippen LogP contribution in [0.4, 0.5) is 0 Å². The van der Waals surface area contributed by atoms with Crippen LogP contribution in [0.5, 0.6) is 5.75 Å². The fraction of sp³-hybridized carbons (Fsp3) is 0.500. The fourth-order valence-corrected chi connectivity index (χ4v) is 3.33. The molecule has 1 aromatic heterocycles. The van der Waals surface area contributed by atoms with Gasteiger partial charge in [0.05, 0.1) is 7.11 Å². The molecule has 2 aliphatic rings. The molecule has 2 heterocycles. The Morgan fingerprint density at radius 2 is 2.39 bits per heavy atom. The number of rotatable bonds is 2. The number of hydrogen-bond donors (Lipinski definition) is 1. The summed E-state index contributed by atoms with van der Waals surface area (Å²) < 4.78 is 6.08. The zero-order chi connectivity index (χ0) is 12.5. The van der Waals surface area contributed by atoms with Gasteiger partial charge >= 0.3 is 0 Å². The van der Waals surface area contributed by atoms with Gasteiger partial charge < -0.3 is 10.1 Å². The second kappa shape index (κ2) is 5.02. The number of halogens is 1. The first-order valence-corrected chi connectivity index (χ1v) is 7.18. The van der Waals surface area contributed by atoms with Crippen LogP contribution < -0.4 is 10.1 Å². The van der Waals surface area contributed by atoms with Gasteiger partial charge in [0.25, 0.3) is 0 Å². The molecular weight excluding hydrogens is 292 g/mol. The van der Waals surface area contributed by atoms with Gasteiger partial charge in [0.15, 0.2) is 5.75 Å². The van der Waals surface area contributed by atoms with Gasteiger partial charge in [0.1, 0.15) is 4.60 Å². The number of methoxy groups -OCH3 is 1. The van der Waals surface area contributed by atoms with Crippen LogP contribution in [-0.2, 0) is 0 Å². The Morgan fingerprint density at radius 1 is 1.50 bits per heavy atom. The van der Waals surface area contributed by atoms with E-state index in [1.165, 1.54) is 17.6 Å². The summed E-state index contributed by atoms with van der Waals surface area (Å²) in [4.78, 5) is 4.35. The normalized spacial score (nSPS) is 26.7. The van der Waals surface area contributed by atoms with Crippen molar-refractivity contribution >= 4 is 21.5 Å². The van der Waals surface area contributed by atoms with Crippen molar-refractivity contribution in [1.82, 2.24) is 10.3 Å². The first-order valence-electron chi connectivity index (χ1n) is 6.39. The smallest absolute Gasteiger partial charge is 0.152 e. The summed E-state index contributed by atoms with van der Waals surface area (Å²) in [6.45, 7) is 2.29. The molecule has 1 fully saturated rings. The number of ether oxygens (including phenoxy) is 1. The summed E-state index contributed by atoms with van der Waals surface area (Å²) in [5.74, 6) is 2.32. The van der Waals surface area contributed by atoms with Crippen LogP contribution in [0.15, 0.2) is 22.9 Å². The van der Waals surface area contributed by atoms with E-state index in [1.807, 2.05) is 6.20 Å². The maximum atomic E-state index is 5.31. The van der Waals surface area contributed by atoms with Crippen LogP contribution in [0.1, 0.15) is 18.4 Å². The first kappa shape index (κ1) is 12.2. The van der Waals surface area contributed by atoms with E-state index in [0.717, 1.165) is 41.7 Å². The molecule has 4 heteroatoms. The van der Waals surface area contributed by atoms with Gasteiger partial charge in [-0.25, -0.2) is 4.98 Å². The Bertz CT molecular complexity index is 487. The second-order valence-electron chi connectivity index (χ2n) is 5.03. The highest BCUT2D eigenvalue weighted by Crippen LogP contribution is 2.40. The number of nitrogens with zero attached hydrogens (tertiary/aromatic N) is 1. The van der Waals surface area contributed by atoms with Crippen molar-refractivity contribution < 1.29 is 4.74 Å². The Kier molecular flexibility index (Phi) is 3.39. The van der Waals surface area contributed by atoms with E-state index in [-0.39, 0.29) is 0 Å². The lowest BCUT2D eigenvalue weighted by atomic mass is 9.89. The second-order valence-corrected chi connectivity index (χ2v) is 5.78. The van der Waals surface area contributed by atoms with Gasteiger partial charge in [-0.2, -0.15) is 0 Å². The van der Waals surface area contributed by atoms with E-state index < -0.39 is 0 Å². The van der Waals surface area contributed by atoms with E-state index in [0.29, 0.717) is 0 Å². The number of piperidine rings is 1. The summed E-state index contributed by atoms with van der Waals surface area (Å²) in [6, 6.07) is 2.08. The molecule has 1 aromatic rings. The van der Waals surface area contributed by atoms with E-state index in [9.17, 15) is 0 Å². The molecule has 96 valence electrons. The molecule has 0 unspecified atom stereocenters. The van der Waals surface area contributed by atoms with Gasteiger partial charge in [-0.1, -0.05) is 6.08 Å². The SMILES string of the molecule is COc1cc(C2=C[C@H]3CCNC[C@H]3C2)cnc1Br. The summed E-state index contributed by atoms with van der Waals surface area (Å²) in [6.07, 6.45) is 6.79. The molecule has 18 heavy (non-hydrogen) atoms. The van der Waals surface area contributed by atoms with Crippen molar-refractivity contribution in [2.45, 2.75) is 12.8 Å². The van der Waals surface area contributed by atoms with Gasteiger partial charge in [-0.05, 0) is 70.9 Å². The first-order chi connectivity index (χ1) is 8.78. The molecule has 1 aliphatic heterocycles. The molecule has 0 bridgehead atoms. The summed E-state index contributed by atoms with van der Waals surface area (Å²) in [5, 5.41) is 3.48. The Labute approximate surface area is 116 Å². The number of allylic oxidation sites excluding steroid dienone is 2. The van der Waals surface area contributed by atoms with Crippen molar-refractivity contribution in [1.29, 1.82) is 0 Å². The lowest BCUT2D eigenvalue weighted by molar-refractivity contribution is 0.324. The molecule has 1 N–H and O–H groups in total. The van der Waals surface area contributed by atoms with Gasteiger partial charge in [-0.15, -0.1) is 0 Å². The average Bonchev–Trinajstić information content (AvgIpc) is 2.83. The molecule has 2 atom stereocenters. The number of nitrogens with one attached hydrogen (secondary N) is 1. The zero-order valence-electron chi connectivity index (χ0n) is 10.4. The van der Waals surface area contributed by atoms with Crippen molar-refractivity contribution in [3.8, 4) is 5.75 Å². The molecule has 0 radical (unpaired) electrons. The Morgan fingerprint density at radius 3 is 3.17 bits per heavy atom. The van der Waals surface area contributed by atoms with Gasteiger partial charge in [0, 0.05) is 6.20 Å². The molecule has 3 rings (SSSR count). The van der Waals surface area contributed by atoms with Crippen LogP contribution in [-0.4, -0.2) is 25.2 Å². The third-order valence-corrected chi connectivity index (χ3v) is 4.56. The Hall–Kier alpha value is -0.870. The van der Waals surface area contributed by atoms with Gasteiger partial charge in [-0.3, -0.25) is 0 Å². The van der Waals surface area contributed by atoms with E-state index in [1.54, 1.807) is 7.11 Å². The molecule has 0 amide bonds. The maximum absolute atomic E-state index is 5.31. The third kappa shape index (κ3) is 2.19. The zero-order valence-corrected chi connectivity index (χ0v) is 12.0. The lowest BCUT2D eigenvalue weighted by Crippen LogP contribution is -2.33. The van der Waals surface area contributed by atoms with Crippen molar-refractivity contribution in [2.24, 2.45) is 11.8 Å². The van der Waals surface area contributed by atoms with Crippen LogP contribution in [0.3, 0.4) is 0 Å². The summed E-state index contributed by atoms with van der Waals surface area (Å²) >= 11 is 3.39. The minimum absolute atomic E-state index is 0.746. The number of pyridine rings is 1. The quantitative estimate of drug-likeness (QED) is 0.853. The monoisotopic (exact) mass is 308 g/mol.